The number of amides is 4. The molecule has 0 saturated carbocycles. The molecular weight excluding hydrogens is 562 g/mol. The van der Waals surface area contributed by atoms with Crippen molar-refractivity contribution >= 4 is 29.5 Å². The van der Waals surface area contributed by atoms with Gasteiger partial charge in [0.1, 0.15) is 11.6 Å². The maximum atomic E-state index is 13.1. The second kappa shape index (κ2) is 12.7. The molecule has 6 rings (SSSR count). The number of fused-ring (bicyclic) bond motifs is 1. The van der Waals surface area contributed by atoms with Crippen LogP contribution in [0, 0.1) is 0 Å². The van der Waals surface area contributed by atoms with Crippen molar-refractivity contribution in [1.82, 2.24) is 20.0 Å². The van der Waals surface area contributed by atoms with Crippen LogP contribution in [0.5, 0.6) is 0 Å². The number of hydrogen-bond donors (Lipinski definition) is 1. The van der Waals surface area contributed by atoms with Crippen molar-refractivity contribution in [1.29, 1.82) is 0 Å². The van der Waals surface area contributed by atoms with Crippen molar-refractivity contribution in [2.24, 2.45) is 0 Å². The third-order valence-electron chi connectivity index (χ3n) is 9.81. The van der Waals surface area contributed by atoms with Crippen molar-refractivity contribution in [3.8, 4) is 0 Å². The van der Waals surface area contributed by atoms with Gasteiger partial charge < -0.3 is 29.1 Å². The number of rotatable bonds is 5. The van der Waals surface area contributed by atoms with Gasteiger partial charge >= 0.3 is 6.09 Å². The van der Waals surface area contributed by atoms with Crippen LogP contribution in [-0.4, -0.2) is 108 Å². The van der Waals surface area contributed by atoms with Gasteiger partial charge in [0.2, 0.25) is 11.8 Å². The first-order valence-electron chi connectivity index (χ1n) is 16.4. The number of nitrogens with zero attached hydrogens (tertiary/aromatic N) is 4. The monoisotopic (exact) mass is 609 g/mol. The number of imide groups is 1. The third kappa shape index (κ3) is 6.88. The molecule has 1 atom stereocenters. The lowest BCUT2D eigenvalue weighted by atomic mass is 9.97. The van der Waals surface area contributed by atoms with E-state index in [9.17, 15) is 19.2 Å². The van der Waals surface area contributed by atoms with Gasteiger partial charge in [0.05, 0.1) is 12.2 Å². The highest BCUT2D eigenvalue weighted by molar-refractivity contribution is 6.05. The normalized spacial score (nSPS) is 24.9. The molecule has 0 aliphatic carbocycles. The van der Waals surface area contributed by atoms with Gasteiger partial charge in [-0.1, -0.05) is 0 Å². The number of anilines is 1. The molecule has 1 aromatic rings. The van der Waals surface area contributed by atoms with Gasteiger partial charge in [0.15, 0.2) is 0 Å². The Bertz CT molecular complexity index is 1260. The molecule has 5 heterocycles. The van der Waals surface area contributed by atoms with Crippen molar-refractivity contribution in [3.63, 3.8) is 0 Å². The minimum Gasteiger partial charge on any atom is -0.444 e. The fourth-order valence-corrected chi connectivity index (χ4v) is 7.40. The summed E-state index contributed by atoms with van der Waals surface area (Å²) in [5.41, 5.74) is 2.27. The lowest BCUT2D eigenvalue weighted by Crippen LogP contribution is -2.52. The van der Waals surface area contributed by atoms with Crippen LogP contribution < -0.4 is 10.2 Å². The Hall–Kier alpha value is -3.18. The van der Waals surface area contributed by atoms with E-state index in [-0.39, 0.29) is 36.3 Å². The van der Waals surface area contributed by atoms with E-state index in [2.05, 4.69) is 21.2 Å². The van der Waals surface area contributed by atoms with Gasteiger partial charge in [-0.15, -0.1) is 0 Å². The Balaban J connectivity index is 0.930. The fraction of sp³-hybridized carbons (Fsp3) is 0.697. The molecule has 1 aromatic carbocycles. The zero-order chi connectivity index (χ0) is 31.0. The first kappa shape index (κ1) is 30.8. The smallest absolute Gasteiger partial charge is 0.410 e. The van der Waals surface area contributed by atoms with Gasteiger partial charge in [0.25, 0.3) is 5.91 Å². The lowest BCUT2D eigenvalue weighted by Gasteiger charge is -2.43. The number of carbonyl (C=O) groups is 4. The van der Waals surface area contributed by atoms with Crippen LogP contribution in [0.1, 0.15) is 88.1 Å². The zero-order valence-electron chi connectivity index (χ0n) is 26.4. The molecule has 44 heavy (non-hydrogen) atoms. The highest BCUT2D eigenvalue weighted by Gasteiger charge is 2.39. The van der Waals surface area contributed by atoms with Crippen LogP contribution in [0.25, 0.3) is 0 Å². The first-order chi connectivity index (χ1) is 21.0. The second-order valence-corrected chi connectivity index (χ2v) is 14.0. The zero-order valence-corrected chi connectivity index (χ0v) is 26.4. The standard InChI is InChI=1S/C33H47N5O6/c1-33(2,3)44-32(42)37-18-12-26(13-19-37)43-25-10-16-35(17-11-25)23-8-14-36(15-9-23)24-4-5-27-22(20-24)21-38(31(27)41)28-6-7-29(39)34-30(28)40/h4-5,20,23,25-26,28H,6-19,21H2,1-3H3,(H,34,39,40)/t28-/m0/s1. The summed E-state index contributed by atoms with van der Waals surface area (Å²) in [5, 5.41) is 2.37. The van der Waals surface area contributed by atoms with Gasteiger partial charge in [-0.25, -0.2) is 4.79 Å². The average Bonchev–Trinajstić information content (AvgIpc) is 3.32. The number of piperidine rings is 4. The van der Waals surface area contributed by atoms with Gasteiger partial charge in [0, 0.05) is 69.5 Å². The molecule has 5 aliphatic rings. The van der Waals surface area contributed by atoms with Crippen molar-refractivity contribution in [3.05, 3.63) is 29.3 Å². The molecule has 11 nitrogen and oxygen atoms in total. The molecule has 0 spiro atoms. The van der Waals surface area contributed by atoms with Gasteiger partial charge in [-0.05, 0) is 89.5 Å². The molecule has 5 aliphatic heterocycles. The molecule has 0 radical (unpaired) electrons. The minimum atomic E-state index is -0.585. The molecule has 0 aromatic heterocycles. The summed E-state index contributed by atoms with van der Waals surface area (Å²) in [6.07, 6.45) is 6.96. The van der Waals surface area contributed by atoms with E-state index in [1.54, 1.807) is 9.80 Å². The van der Waals surface area contributed by atoms with Crippen LogP contribution >= 0.6 is 0 Å². The maximum Gasteiger partial charge on any atom is 0.410 e. The highest BCUT2D eigenvalue weighted by atomic mass is 16.6. The van der Waals surface area contributed by atoms with Crippen molar-refractivity contribution < 1.29 is 28.7 Å². The quantitative estimate of drug-likeness (QED) is 0.507. The lowest BCUT2D eigenvalue weighted by molar-refractivity contribution is -0.136. The van der Waals surface area contributed by atoms with Crippen LogP contribution in [0.4, 0.5) is 10.5 Å². The highest BCUT2D eigenvalue weighted by Crippen LogP contribution is 2.32. The number of likely N-dealkylation sites (tertiary alicyclic amines) is 2. The summed E-state index contributed by atoms with van der Waals surface area (Å²) in [6, 6.07) is 6.03. The van der Waals surface area contributed by atoms with Crippen LogP contribution in [0.15, 0.2) is 18.2 Å². The summed E-state index contributed by atoms with van der Waals surface area (Å²) >= 11 is 0. The number of ether oxygens (including phenoxy) is 2. The molecule has 4 amide bonds. The summed E-state index contributed by atoms with van der Waals surface area (Å²) < 4.78 is 12.0. The average molecular weight is 610 g/mol. The topological polar surface area (TPSA) is 112 Å². The van der Waals surface area contributed by atoms with Crippen LogP contribution in [0.2, 0.25) is 0 Å². The maximum absolute atomic E-state index is 13.1. The van der Waals surface area contributed by atoms with Crippen LogP contribution in [0.3, 0.4) is 0 Å². The molecule has 0 unspecified atom stereocenters. The molecule has 4 fully saturated rings. The predicted octanol–water partition coefficient (Wildman–Crippen LogP) is 3.30. The van der Waals surface area contributed by atoms with Gasteiger partial charge in [-0.2, -0.15) is 0 Å². The van der Waals surface area contributed by atoms with E-state index in [4.69, 9.17) is 9.47 Å². The number of carbonyl (C=O) groups excluding carboxylic acids is 4. The summed E-state index contributed by atoms with van der Waals surface area (Å²) in [6.45, 7) is 11.5. The Morgan fingerprint density at radius 1 is 0.864 bits per heavy atom. The SMILES string of the molecule is CC(C)(C)OC(=O)N1CCC(OC2CCN(C3CCN(c4ccc5c(c4)CN([C@H]4CCC(=O)NC4=O)C5=O)CC3)CC2)CC1. The van der Waals surface area contributed by atoms with E-state index in [0.717, 1.165) is 76.0 Å². The van der Waals surface area contributed by atoms with E-state index in [0.29, 0.717) is 43.8 Å². The summed E-state index contributed by atoms with van der Waals surface area (Å²) in [4.78, 5) is 57.8. The molecular formula is C33H47N5O6. The second-order valence-electron chi connectivity index (χ2n) is 14.0. The number of nitrogens with one attached hydrogen (secondary N) is 1. The first-order valence-corrected chi connectivity index (χ1v) is 16.4. The van der Waals surface area contributed by atoms with E-state index >= 15 is 0 Å². The largest absolute Gasteiger partial charge is 0.444 e. The van der Waals surface area contributed by atoms with E-state index in [1.807, 2.05) is 32.9 Å². The Kier molecular flexibility index (Phi) is 8.88. The summed E-state index contributed by atoms with van der Waals surface area (Å²) in [5.74, 6) is -0.771. The van der Waals surface area contributed by atoms with Crippen molar-refractivity contribution in [2.45, 2.75) is 109 Å². The number of hydrogen-bond acceptors (Lipinski definition) is 8. The number of benzene rings is 1. The predicted molar refractivity (Wildman–Crippen MR) is 164 cm³/mol. The van der Waals surface area contributed by atoms with Crippen molar-refractivity contribution in [2.75, 3.05) is 44.2 Å². The molecule has 240 valence electrons. The summed E-state index contributed by atoms with van der Waals surface area (Å²) in [7, 11) is 0. The van der Waals surface area contributed by atoms with Crippen LogP contribution in [-0.2, 0) is 25.6 Å². The molecule has 4 saturated heterocycles. The van der Waals surface area contributed by atoms with E-state index < -0.39 is 11.6 Å². The minimum absolute atomic E-state index is 0.126. The van der Waals surface area contributed by atoms with Gasteiger partial charge in [-0.3, -0.25) is 19.7 Å². The fourth-order valence-electron chi connectivity index (χ4n) is 7.40. The molecule has 0 bridgehead atoms. The Labute approximate surface area is 260 Å². The molecule has 1 N–H and O–H groups in total. The Morgan fingerprint density at radius 2 is 1.52 bits per heavy atom. The third-order valence-corrected chi connectivity index (χ3v) is 9.81. The molecule has 11 heteroatoms. The van der Waals surface area contributed by atoms with E-state index in [1.165, 1.54) is 0 Å². The Morgan fingerprint density at radius 3 is 2.16 bits per heavy atom.